The second-order valence-electron chi connectivity index (χ2n) is 4.55. The third kappa shape index (κ3) is 3.89. The van der Waals surface area contributed by atoms with Crippen molar-refractivity contribution in [2.24, 2.45) is 0 Å². The third-order valence-corrected chi connectivity index (χ3v) is 5.38. The molecule has 104 valence electrons. The van der Waals surface area contributed by atoms with Crippen LogP contribution in [0.2, 0.25) is 0 Å². The van der Waals surface area contributed by atoms with Gasteiger partial charge in [0.15, 0.2) is 0 Å². The van der Waals surface area contributed by atoms with Crippen LogP contribution in [-0.2, 0) is 10.0 Å². The summed E-state index contributed by atoms with van der Waals surface area (Å²) in [7, 11) is -3.43. The normalized spacial score (nSPS) is 16.2. The fourth-order valence-electron chi connectivity index (χ4n) is 1.89. The van der Waals surface area contributed by atoms with Crippen LogP contribution >= 0.6 is 15.9 Å². The molecule has 0 amide bonds. The van der Waals surface area contributed by atoms with E-state index in [1.54, 1.807) is 18.2 Å². The van der Waals surface area contributed by atoms with Crippen molar-refractivity contribution in [3.63, 3.8) is 0 Å². The van der Waals surface area contributed by atoms with E-state index in [2.05, 4.69) is 26.0 Å². The largest absolute Gasteiger partial charge is 0.313 e. The molecule has 0 atom stereocenters. The Balaban J connectivity index is 2.09. The second-order valence-corrected chi connectivity index (χ2v) is 7.17. The number of nitrogens with one attached hydrogen (secondary N) is 2. The molecule has 1 aliphatic heterocycles. The Kier molecular flexibility index (Phi) is 4.78. The minimum absolute atomic E-state index is 0.308. The molecule has 0 fully saturated rings. The first-order valence-electron chi connectivity index (χ1n) is 6.13. The maximum atomic E-state index is 12.2. The number of hydrogen-bond acceptors (Lipinski definition) is 3. The van der Waals surface area contributed by atoms with Crippen molar-refractivity contribution in [1.29, 1.82) is 0 Å². The molecule has 1 heterocycles. The predicted octanol–water partition coefficient (Wildman–Crippen LogP) is 1.96. The van der Waals surface area contributed by atoms with E-state index < -0.39 is 10.0 Å². The van der Waals surface area contributed by atoms with Crippen LogP contribution in [0.5, 0.6) is 0 Å². The van der Waals surface area contributed by atoms with Crippen molar-refractivity contribution >= 4 is 26.0 Å². The molecule has 0 saturated heterocycles. The number of rotatable bonds is 4. The van der Waals surface area contributed by atoms with Crippen LogP contribution in [0.15, 0.2) is 39.2 Å². The molecule has 0 spiro atoms. The van der Waals surface area contributed by atoms with Crippen LogP contribution in [0.3, 0.4) is 0 Å². The lowest BCUT2D eigenvalue weighted by molar-refractivity contribution is 0.582. The minimum atomic E-state index is -3.43. The minimum Gasteiger partial charge on any atom is -0.313 e. The van der Waals surface area contributed by atoms with E-state index in [9.17, 15) is 8.42 Å². The van der Waals surface area contributed by atoms with Crippen molar-refractivity contribution < 1.29 is 8.42 Å². The van der Waals surface area contributed by atoms with Crippen LogP contribution < -0.4 is 10.0 Å². The zero-order valence-electron chi connectivity index (χ0n) is 10.7. The molecule has 6 heteroatoms. The van der Waals surface area contributed by atoms with E-state index >= 15 is 0 Å². The molecule has 0 unspecified atom stereocenters. The molecule has 19 heavy (non-hydrogen) atoms. The number of aryl methyl sites for hydroxylation is 1. The lowest BCUT2D eigenvalue weighted by Crippen LogP contribution is -2.29. The second kappa shape index (κ2) is 6.17. The van der Waals surface area contributed by atoms with Crippen molar-refractivity contribution in [3.8, 4) is 0 Å². The highest BCUT2D eigenvalue weighted by Gasteiger charge is 2.15. The highest BCUT2D eigenvalue weighted by atomic mass is 79.9. The van der Waals surface area contributed by atoms with Gasteiger partial charge in [-0.2, -0.15) is 0 Å². The molecule has 0 saturated carbocycles. The summed E-state index contributed by atoms with van der Waals surface area (Å²) in [5.74, 6) is 0. The van der Waals surface area contributed by atoms with Gasteiger partial charge in [0.25, 0.3) is 0 Å². The van der Waals surface area contributed by atoms with Gasteiger partial charge < -0.3 is 5.32 Å². The average Bonchev–Trinajstić information content (AvgIpc) is 2.41. The molecule has 2 N–H and O–H groups in total. The Morgan fingerprint density at radius 3 is 2.84 bits per heavy atom. The van der Waals surface area contributed by atoms with Gasteiger partial charge in [-0.15, -0.1) is 0 Å². The fraction of sp³-hybridized carbons (Fsp3) is 0.385. The van der Waals surface area contributed by atoms with E-state index in [-0.39, 0.29) is 0 Å². The van der Waals surface area contributed by atoms with Gasteiger partial charge >= 0.3 is 0 Å². The van der Waals surface area contributed by atoms with Crippen LogP contribution in [0.25, 0.3) is 0 Å². The van der Waals surface area contributed by atoms with Crippen molar-refractivity contribution in [2.75, 3.05) is 19.6 Å². The lowest BCUT2D eigenvalue weighted by atomic mass is 10.1. The van der Waals surface area contributed by atoms with E-state index in [0.717, 1.165) is 35.1 Å². The highest BCUT2D eigenvalue weighted by Crippen LogP contribution is 2.20. The molecule has 2 rings (SSSR count). The van der Waals surface area contributed by atoms with Crippen LogP contribution in [0, 0.1) is 6.92 Å². The molecule has 0 radical (unpaired) electrons. The molecular formula is C13H17BrN2O2S. The van der Waals surface area contributed by atoms with Gasteiger partial charge in [-0.1, -0.05) is 27.6 Å². The third-order valence-electron chi connectivity index (χ3n) is 3.09. The fourth-order valence-corrected chi connectivity index (χ4v) is 3.25. The molecule has 0 aromatic heterocycles. The smallest absolute Gasteiger partial charge is 0.240 e. The standard InChI is InChI=1S/C13H17BrN2O2S/c1-10-8-12(2-3-13(10)14)19(17,18)16-9-11-4-6-15-7-5-11/h2-4,8,15-16H,5-7,9H2,1H3. The first kappa shape index (κ1) is 14.7. The molecular weight excluding hydrogens is 328 g/mol. The summed E-state index contributed by atoms with van der Waals surface area (Å²) in [6, 6.07) is 5.03. The van der Waals surface area contributed by atoms with E-state index in [1.165, 1.54) is 0 Å². The summed E-state index contributed by atoms with van der Waals surface area (Å²) in [6.07, 6.45) is 2.93. The Hall–Kier alpha value is -0.690. The lowest BCUT2D eigenvalue weighted by Gasteiger charge is -2.15. The van der Waals surface area contributed by atoms with Crippen molar-refractivity contribution in [1.82, 2.24) is 10.0 Å². The molecule has 1 aromatic carbocycles. The Morgan fingerprint density at radius 2 is 2.21 bits per heavy atom. The Labute approximate surface area is 122 Å². The Morgan fingerprint density at radius 1 is 1.42 bits per heavy atom. The van der Waals surface area contributed by atoms with Crippen LogP contribution in [0.4, 0.5) is 0 Å². The molecule has 0 bridgehead atoms. The van der Waals surface area contributed by atoms with Crippen molar-refractivity contribution in [3.05, 3.63) is 39.9 Å². The van der Waals surface area contributed by atoms with E-state index in [1.807, 2.05) is 13.0 Å². The highest BCUT2D eigenvalue weighted by molar-refractivity contribution is 9.10. The summed E-state index contributed by atoms with van der Waals surface area (Å²) in [4.78, 5) is 0.308. The summed E-state index contributed by atoms with van der Waals surface area (Å²) in [5.41, 5.74) is 2.04. The topological polar surface area (TPSA) is 58.2 Å². The summed E-state index contributed by atoms with van der Waals surface area (Å²) in [6.45, 7) is 3.98. The van der Waals surface area contributed by atoms with Crippen LogP contribution in [0.1, 0.15) is 12.0 Å². The van der Waals surface area contributed by atoms with Gasteiger partial charge in [-0.3, -0.25) is 0 Å². The van der Waals surface area contributed by atoms with E-state index in [0.29, 0.717) is 11.4 Å². The number of sulfonamides is 1. The average molecular weight is 345 g/mol. The quantitative estimate of drug-likeness (QED) is 0.821. The summed E-state index contributed by atoms with van der Waals surface area (Å²) < 4.78 is 27.9. The van der Waals surface area contributed by atoms with Gasteiger partial charge in [0.1, 0.15) is 0 Å². The molecule has 1 aromatic rings. The van der Waals surface area contributed by atoms with Gasteiger partial charge in [0.2, 0.25) is 10.0 Å². The van der Waals surface area contributed by atoms with E-state index in [4.69, 9.17) is 0 Å². The maximum Gasteiger partial charge on any atom is 0.240 e. The van der Waals surface area contributed by atoms with Gasteiger partial charge in [0, 0.05) is 17.6 Å². The van der Waals surface area contributed by atoms with Gasteiger partial charge in [0.05, 0.1) is 4.90 Å². The Bertz CT molecular complexity index is 597. The number of hydrogen-bond donors (Lipinski definition) is 2. The van der Waals surface area contributed by atoms with Gasteiger partial charge in [-0.05, 0) is 43.7 Å². The molecule has 1 aliphatic rings. The maximum absolute atomic E-state index is 12.2. The summed E-state index contributed by atoms with van der Waals surface area (Å²) in [5, 5.41) is 3.20. The predicted molar refractivity (Wildman–Crippen MR) is 79.6 cm³/mol. The van der Waals surface area contributed by atoms with Gasteiger partial charge in [-0.25, -0.2) is 13.1 Å². The zero-order valence-corrected chi connectivity index (χ0v) is 13.1. The number of halogens is 1. The zero-order chi connectivity index (χ0) is 13.9. The summed E-state index contributed by atoms with van der Waals surface area (Å²) >= 11 is 3.37. The first-order valence-corrected chi connectivity index (χ1v) is 8.41. The van der Waals surface area contributed by atoms with Crippen molar-refractivity contribution in [2.45, 2.75) is 18.2 Å². The van der Waals surface area contributed by atoms with Crippen LogP contribution in [-0.4, -0.2) is 28.1 Å². The SMILES string of the molecule is Cc1cc(S(=O)(=O)NCC2=CCNCC2)ccc1Br. The molecule has 4 nitrogen and oxygen atoms in total. The molecule has 0 aliphatic carbocycles. The first-order chi connectivity index (χ1) is 8.99. The monoisotopic (exact) mass is 344 g/mol. The number of benzene rings is 1.